The molecule has 0 heterocycles. The Kier molecular flexibility index (Phi) is 6.09. The minimum atomic E-state index is -0.542. The van der Waals surface area contributed by atoms with Gasteiger partial charge in [0.2, 0.25) is 0 Å². The highest BCUT2D eigenvalue weighted by molar-refractivity contribution is 9.10. The van der Waals surface area contributed by atoms with E-state index in [4.69, 9.17) is 4.74 Å². The van der Waals surface area contributed by atoms with Crippen LogP contribution in [-0.4, -0.2) is 11.9 Å². The summed E-state index contributed by atoms with van der Waals surface area (Å²) in [6.45, 7) is 3.22. The molecule has 0 aliphatic rings. The van der Waals surface area contributed by atoms with E-state index in [-0.39, 0.29) is 11.3 Å². The molecule has 0 aliphatic carbocycles. The minimum absolute atomic E-state index is 0.105. The second kappa shape index (κ2) is 8.27. The molecular weight excluding hydrogens is 384 g/mol. The summed E-state index contributed by atoms with van der Waals surface area (Å²) in [6.07, 6.45) is 1.38. The summed E-state index contributed by atoms with van der Waals surface area (Å²) >= 11 is 3.32. The molecule has 2 aromatic carbocycles. The van der Waals surface area contributed by atoms with Crippen LogP contribution in [0.4, 0.5) is 5.69 Å². The fraction of sp³-hybridized carbons (Fsp3) is 0.105. The molecule has 5 nitrogen and oxygen atoms in total. The van der Waals surface area contributed by atoms with Gasteiger partial charge in [-0.05, 0) is 43.3 Å². The fourth-order valence-corrected chi connectivity index (χ4v) is 2.40. The standard InChI is InChI=1S/C19H15BrN2O3/c1-12-3-6-17(7-4-12)22-19(24)15(11-21)9-14-10-16(20)5-8-18(14)25-13(2)23/h3-10H,1-2H3,(H,22,24)/b15-9-. The van der Waals surface area contributed by atoms with Crippen molar-refractivity contribution in [1.82, 2.24) is 0 Å². The van der Waals surface area contributed by atoms with Crippen LogP contribution in [-0.2, 0) is 9.59 Å². The van der Waals surface area contributed by atoms with Crippen LogP contribution in [0.3, 0.4) is 0 Å². The zero-order chi connectivity index (χ0) is 18.4. The molecule has 0 fully saturated rings. The van der Waals surface area contributed by atoms with Gasteiger partial charge in [-0.1, -0.05) is 33.6 Å². The lowest BCUT2D eigenvalue weighted by atomic mass is 10.1. The summed E-state index contributed by atoms with van der Waals surface area (Å²) in [7, 11) is 0. The lowest BCUT2D eigenvalue weighted by molar-refractivity contribution is -0.131. The Bertz CT molecular complexity index is 881. The van der Waals surface area contributed by atoms with Crippen LogP contribution < -0.4 is 10.1 Å². The first-order valence-electron chi connectivity index (χ1n) is 7.37. The van der Waals surface area contributed by atoms with Gasteiger partial charge in [0.15, 0.2) is 0 Å². The highest BCUT2D eigenvalue weighted by atomic mass is 79.9. The number of anilines is 1. The molecule has 2 rings (SSSR count). The SMILES string of the molecule is CC(=O)Oc1ccc(Br)cc1/C=C(/C#N)C(=O)Nc1ccc(C)cc1. The van der Waals surface area contributed by atoms with Gasteiger partial charge < -0.3 is 10.1 Å². The van der Waals surface area contributed by atoms with Crippen molar-refractivity contribution in [1.29, 1.82) is 5.26 Å². The van der Waals surface area contributed by atoms with Gasteiger partial charge in [-0.25, -0.2) is 0 Å². The van der Waals surface area contributed by atoms with Crippen molar-refractivity contribution in [2.45, 2.75) is 13.8 Å². The third-order valence-corrected chi connectivity index (χ3v) is 3.69. The highest BCUT2D eigenvalue weighted by Crippen LogP contribution is 2.26. The largest absolute Gasteiger partial charge is 0.426 e. The van der Waals surface area contributed by atoms with Crippen LogP contribution in [0.2, 0.25) is 0 Å². The number of halogens is 1. The van der Waals surface area contributed by atoms with Crippen LogP contribution in [0.25, 0.3) is 6.08 Å². The van der Waals surface area contributed by atoms with Gasteiger partial charge in [0.05, 0.1) is 0 Å². The lowest BCUT2D eigenvalue weighted by Crippen LogP contribution is -2.13. The quantitative estimate of drug-likeness (QED) is 0.361. The lowest BCUT2D eigenvalue weighted by Gasteiger charge is -2.08. The molecule has 0 saturated carbocycles. The van der Waals surface area contributed by atoms with E-state index in [0.717, 1.165) is 10.0 Å². The van der Waals surface area contributed by atoms with Crippen LogP contribution in [0.5, 0.6) is 5.75 Å². The molecule has 0 aromatic heterocycles. The number of ether oxygens (including phenoxy) is 1. The first-order valence-corrected chi connectivity index (χ1v) is 8.16. The van der Waals surface area contributed by atoms with Crippen molar-refractivity contribution >= 4 is 39.6 Å². The monoisotopic (exact) mass is 398 g/mol. The Labute approximate surface area is 154 Å². The van der Waals surface area contributed by atoms with Gasteiger partial charge in [0, 0.05) is 22.6 Å². The van der Waals surface area contributed by atoms with Crippen molar-refractivity contribution in [2.24, 2.45) is 0 Å². The second-order valence-corrected chi connectivity index (χ2v) is 6.18. The van der Waals surface area contributed by atoms with E-state index >= 15 is 0 Å². The molecule has 0 aliphatic heterocycles. The van der Waals surface area contributed by atoms with Gasteiger partial charge in [-0.3, -0.25) is 9.59 Å². The molecular formula is C19H15BrN2O3. The van der Waals surface area contributed by atoms with Crippen molar-refractivity contribution < 1.29 is 14.3 Å². The van der Waals surface area contributed by atoms with Crippen LogP contribution in [0.15, 0.2) is 52.5 Å². The number of nitriles is 1. The van der Waals surface area contributed by atoms with E-state index in [9.17, 15) is 14.9 Å². The maximum absolute atomic E-state index is 12.3. The number of amides is 1. The summed E-state index contributed by atoms with van der Waals surface area (Å²) < 4.78 is 5.84. The van der Waals surface area contributed by atoms with Gasteiger partial charge in [0.1, 0.15) is 17.4 Å². The Morgan fingerprint density at radius 3 is 2.48 bits per heavy atom. The summed E-state index contributed by atoms with van der Waals surface area (Å²) in [4.78, 5) is 23.5. The first-order chi connectivity index (χ1) is 11.9. The Balaban J connectivity index is 2.31. The van der Waals surface area contributed by atoms with Crippen molar-refractivity contribution in [3.05, 3.63) is 63.6 Å². The number of nitrogens with one attached hydrogen (secondary N) is 1. The molecule has 2 aromatic rings. The summed E-state index contributed by atoms with van der Waals surface area (Å²) in [5, 5.41) is 12.0. The number of hydrogen-bond donors (Lipinski definition) is 1. The molecule has 0 unspecified atom stereocenters. The normalized spacial score (nSPS) is 10.7. The van der Waals surface area contributed by atoms with E-state index in [1.54, 1.807) is 30.3 Å². The molecule has 1 N–H and O–H groups in total. The van der Waals surface area contributed by atoms with Crippen LogP contribution >= 0.6 is 15.9 Å². The van der Waals surface area contributed by atoms with E-state index < -0.39 is 11.9 Å². The predicted octanol–water partition coefficient (Wildman–Crippen LogP) is 4.23. The summed E-state index contributed by atoms with van der Waals surface area (Å²) in [6, 6.07) is 14.1. The predicted molar refractivity (Wildman–Crippen MR) is 98.8 cm³/mol. The highest BCUT2D eigenvalue weighted by Gasteiger charge is 2.12. The molecule has 25 heavy (non-hydrogen) atoms. The van der Waals surface area contributed by atoms with Crippen molar-refractivity contribution in [2.75, 3.05) is 5.32 Å². The van der Waals surface area contributed by atoms with Gasteiger partial charge >= 0.3 is 5.97 Å². The number of carbonyl (C=O) groups excluding carboxylic acids is 2. The third kappa shape index (κ3) is 5.30. The molecule has 0 atom stereocenters. The zero-order valence-electron chi connectivity index (χ0n) is 13.7. The zero-order valence-corrected chi connectivity index (χ0v) is 15.3. The molecule has 6 heteroatoms. The number of nitrogens with zero attached hydrogens (tertiary/aromatic N) is 1. The number of carbonyl (C=O) groups is 2. The van der Waals surface area contributed by atoms with Gasteiger partial charge in [0.25, 0.3) is 5.91 Å². The minimum Gasteiger partial charge on any atom is -0.426 e. The van der Waals surface area contributed by atoms with E-state index in [0.29, 0.717) is 11.3 Å². The van der Waals surface area contributed by atoms with E-state index in [1.165, 1.54) is 13.0 Å². The molecule has 126 valence electrons. The number of benzene rings is 2. The molecule has 0 bridgehead atoms. The maximum Gasteiger partial charge on any atom is 0.308 e. The first kappa shape index (κ1) is 18.4. The smallest absolute Gasteiger partial charge is 0.308 e. The molecule has 0 radical (unpaired) electrons. The Hall–Kier alpha value is -2.91. The number of rotatable bonds is 4. The Morgan fingerprint density at radius 2 is 1.88 bits per heavy atom. The maximum atomic E-state index is 12.3. The Morgan fingerprint density at radius 1 is 1.20 bits per heavy atom. The van der Waals surface area contributed by atoms with E-state index in [2.05, 4.69) is 21.2 Å². The molecule has 1 amide bonds. The van der Waals surface area contributed by atoms with Crippen molar-refractivity contribution in [3.8, 4) is 11.8 Å². The average molecular weight is 399 g/mol. The molecule has 0 spiro atoms. The van der Waals surface area contributed by atoms with Crippen LogP contribution in [0.1, 0.15) is 18.1 Å². The summed E-state index contributed by atoms with van der Waals surface area (Å²) in [5.74, 6) is -0.758. The third-order valence-electron chi connectivity index (χ3n) is 3.20. The average Bonchev–Trinajstić information content (AvgIpc) is 2.56. The number of esters is 1. The molecule has 0 saturated heterocycles. The van der Waals surface area contributed by atoms with E-state index in [1.807, 2.05) is 25.1 Å². The fourth-order valence-electron chi connectivity index (χ4n) is 2.02. The van der Waals surface area contributed by atoms with Crippen LogP contribution in [0, 0.1) is 18.3 Å². The summed E-state index contributed by atoms with van der Waals surface area (Å²) in [5.41, 5.74) is 1.99. The second-order valence-electron chi connectivity index (χ2n) is 5.27. The number of hydrogen-bond acceptors (Lipinski definition) is 4. The van der Waals surface area contributed by atoms with Gasteiger partial charge in [-0.2, -0.15) is 5.26 Å². The topological polar surface area (TPSA) is 79.2 Å². The van der Waals surface area contributed by atoms with Crippen molar-refractivity contribution in [3.63, 3.8) is 0 Å². The number of aryl methyl sites for hydroxylation is 1. The van der Waals surface area contributed by atoms with Gasteiger partial charge in [-0.15, -0.1) is 0 Å².